The molecular weight excluding hydrogens is 301 g/mol. The standard InChI is InChI=1S/C13H9F3N4S/c1-7-8(2)19-20-12(10(7)5-17)21-11-4-3-9(6-18-11)13(14,15)16/h3-4,6H,1-2H3. The van der Waals surface area contributed by atoms with Crippen LogP contribution in [0, 0.1) is 25.2 Å². The van der Waals surface area contributed by atoms with Crippen molar-refractivity contribution in [3.8, 4) is 6.07 Å². The van der Waals surface area contributed by atoms with Crippen LogP contribution in [0.4, 0.5) is 13.2 Å². The molecule has 0 saturated carbocycles. The van der Waals surface area contributed by atoms with Gasteiger partial charge >= 0.3 is 6.18 Å². The van der Waals surface area contributed by atoms with Crippen molar-refractivity contribution in [1.82, 2.24) is 15.2 Å². The SMILES string of the molecule is Cc1nnc(Sc2ccc(C(F)(F)F)cn2)c(C#N)c1C. The lowest BCUT2D eigenvalue weighted by Crippen LogP contribution is -2.05. The predicted octanol–water partition coefficient (Wildman–Crippen LogP) is 3.53. The number of nitriles is 1. The van der Waals surface area contributed by atoms with Crippen molar-refractivity contribution >= 4 is 11.8 Å². The lowest BCUT2D eigenvalue weighted by Gasteiger charge is -2.08. The van der Waals surface area contributed by atoms with Crippen molar-refractivity contribution in [2.45, 2.75) is 30.1 Å². The summed E-state index contributed by atoms with van der Waals surface area (Å²) in [7, 11) is 0. The summed E-state index contributed by atoms with van der Waals surface area (Å²) in [6.45, 7) is 3.47. The lowest BCUT2D eigenvalue weighted by atomic mass is 10.1. The molecule has 0 radical (unpaired) electrons. The molecule has 0 aliphatic carbocycles. The predicted molar refractivity (Wildman–Crippen MR) is 69.6 cm³/mol. The molecule has 0 N–H and O–H groups in total. The van der Waals surface area contributed by atoms with Crippen molar-refractivity contribution in [2.24, 2.45) is 0 Å². The van der Waals surface area contributed by atoms with E-state index in [-0.39, 0.29) is 0 Å². The summed E-state index contributed by atoms with van der Waals surface area (Å²) >= 11 is 1.01. The van der Waals surface area contributed by atoms with Crippen LogP contribution in [0.1, 0.15) is 22.4 Å². The maximum Gasteiger partial charge on any atom is 0.417 e. The molecule has 2 rings (SSSR count). The Bertz CT molecular complexity index is 705. The summed E-state index contributed by atoms with van der Waals surface area (Å²) < 4.78 is 37.4. The first-order valence-corrected chi connectivity index (χ1v) is 6.59. The van der Waals surface area contributed by atoms with E-state index >= 15 is 0 Å². The number of aromatic nitrogens is 3. The Morgan fingerprint density at radius 2 is 1.90 bits per heavy atom. The molecule has 0 saturated heterocycles. The average Bonchev–Trinajstić information content (AvgIpc) is 2.43. The maximum atomic E-state index is 12.5. The molecule has 2 aromatic heterocycles. The summed E-state index contributed by atoms with van der Waals surface area (Å²) in [6.07, 6.45) is -3.67. The monoisotopic (exact) mass is 310 g/mol. The molecule has 21 heavy (non-hydrogen) atoms. The number of nitrogens with zero attached hydrogens (tertiary/aromatic N) is 4. The van der Waals surface area contributed by atoms with Gasteiger partial charge in [-0.15, -0.1) is 5.10 Å². The topological polar surface area (TPSA) is 62.5 Å². The van der Waals surface area contributed by atoms with Crippen molar-refractivity contribution in [2.75, 3.05) is 0 Å². The van der Waals surface area contributed by atoms with Gasteiger partial charge in [0, 0.05) is 6.20 Å². The number of hydrogen-bond donors (Lipinski definition) is 0. The second-order valence-electron chi connectivity index (χ2n) is 4.19. The van der Waals surface area contributed by atoms with Crippen LogP contribution in [0.3, 0.4) is 0 Å². The van der Waals surface area contributed by atoms with Gasteiger partial charge in [-0.1, -0.05) is 0 Å². The van der Waals surface area contributed by atoms with Gasteiger partial charge in [0.2, 0.25) is 0 Å². The van der Waals surface area contributed by atoms with E-state index in [9.17, 15) is 13.2 Å². The number of hydrogen-bond acceptors (Lipinski definition) is 5. The normalized spacial score (nSPS) is 11.2. The molecule has 0 aliphatic rings. The minimum Gasteiger partial charge on any atom is -0.249 e. The number of pyridine rings is 1. The quantitative estimate of drug-likeness (QED) is 0.849. The molecule has 0 aliphatic heterocycles. The van der Waals surface area contributed by atoms with Gasteiger partial charge in [-0.3, -0.25) is 0 Å². The maximum absolute atomic E-state index is 12.5. The first kappa shape index (κ1) is 15.3. The second kappa shape index (κ2) is 5.69. The smallest absolute Gasteiger partial charge is 0.249 e. The Balaban J connectivity index is 2.31. The van der Waals surface area contributed by atoms with Gasteiger partial charge in [0.1, 0.15) is 16.1 Å². The van der Waals surface area contributed by atoms with E-state index in [1.165, 1.54) is 6.07 Å². The summed E-state index contributed by atoms with van der Waals surface area (Å²) in [5, 5.41) is 17.6. The third kappa shape index (κ3) is 3.31. The van der Waals surface area contributed by atoms with Crippen LogP contribution in [0.2, 0.25) is 0 Å². The highest BCUT2D eigenvalue weighted by Crippen LogP contribution is 2.32. The van der Waals surface area contributed by atoms with Crippen molar-refractivity contribution in [1.29, 1.82) is 5.26 Å². The van der Waals surface area contributed by atoms with Crippen LogP contribution in [0.25, 0.3) is 0 Å². The van der Waals surface area contributed by atoms with E-state index in [1.54, 1.807) is 13.8 Å². The molecule has 108 valence electrons. The van der Waals surface area contributed by atoms with Gasteiger partial charge in [0.25, 0.3) is 0 Å². The fourth-order valence-electron chi connectivity index (χ4n) is 1.50. The van der Waals surface area contributed by atoms with E-state index in [4.69, 9.17) is 5.26 Å². The zero-order valence-corrected chi connectivity index (χ0v) is 11.9. The van der Waals surface area contributed by atoms with Crippen LogP contribution in [-0.4, -0.2) is 15.2 Å². The first-order valence-electron chi connectivity index (χ1n) is 5.78. The summed E-state index contributed by atoms with van der Waals surface area (Å²) in [5.74, 6) is 0. The molecule has 0 aromatic carbocycles. The Morgan fingerprint density at radius 1 is 1.19 bits per heavy atom. The van der Waals surface area contributed by atoms with E-state index < -0.39 is 11.7 Å². The molecule has 0 unspecified atom stereocenters. The van der Waals surface area contributed by atoms with Crippen LogP contribution >= 0.6 is 11.8 Å². The van der Waals surface area contributed by atoms with Gasteiger partial charge in [0.15, 0.2) is 0 Å². The number of halogens is 3. The minimum absolute atomic E-state index is 0.317. The summed E-state index contributed by atoms with van der Waals surface area (Å²) in [4.78, 5) is 3.73. The molecule has 4 nitrogen and oxygen atoms in total. The molecule has 2 aromatic rings. The molecular formula is C13H9F3N4S. The highest BCUT2D eigenvalue weighted by Gasteiger charge is 2.30. The highest BCUT2D eigenvalue weighted by molar-refractivity contribution is 7.99. The average molecular weight is 310 g/mol. The van der Waals surface area contributed by atoms with Gasteiger partial charge in [-0.05, 0) is 43.3 Å². The highest BCUT2D eigenvalue weighted by atomic mass is 32.2. The largest absolute Gasteiger partial charge is 0.417 e. The zero-order valence-electron chi connectivity index (χ0n) is 11.1. The molecule has 0 atom stereocenters. The Morgan fingerprint density at radius 3 is 2.43 bits per heavy atom. The van der Waals surface area contributed by atoms with Crippen molar-refractivity contribution in [3.63, 3.8) is 0 Å². The summed E-state index contributed by atoms with van der Waals surface area (Å²) in [6, 6.07) is 4.21. The molecule has 0 amide bonds. The van der Waals surface area contributed by atoms with Crippen LogP contribution in [-0.2, 0) is 6.18 Å². The third-order valence-electron chi connectivity index (χ3n) is 2.80. The van der Waals surface area contributed by atoms with Gasteiger partial charge in [-0.2, -0.15) is 23.5 Å². The fourth-order valence-corrected chi connectivity index (χ4v) is 2.32. The number of aryl methyl sites for hydroxylation is 1. The lowest BCUT2D eigenvalue weighted by molar-refractivity contribution is -0.137. The van der Waals surface area contributed by atoms with Crippen LogP contribution in [0.15, 0.2) is 28.4 Å². The molecule has 0 bridgehead atoms. The Kier molecular flexibility index (Phi) is 4.14. The van der Waals surface area contributed by atoms with E-state index in [1.807, 2.05) is 6.07 Å². The van der Waals surface area contributed by atoms with E-state index in [0.29, 0.717) is 26.9 Å². The third-order valence-corrected chi connectivity index (χ3v) is 3.73. The zero-order chi connectivity index (χ0) is 15.6. The number of alkyl halides is 3. The van der Waals surface area contributed by atoms with Crippen LogP contribution in [0.5, 0.6) is 0 Å². The van der Waals surface area contributed by atoms with Crippen molar-refractivity contribution < 1.29 is 13.2 Å². The molecule has 8 heteroatoms. The number of rotatable bonds is 2. The Labute approximate surface area is 123 Å². The molecule has 2 heterocycles. The summed E-state index contributed by atoms with van der Waals surface area (Å²) in [5.41, 5.74) is 0.867. The molecule has 0 fully saturated rings. The Hall–Kier alpha value is -2.14. The van der Waals surface area contributed by atoms with E-state index in [0.717, 1.165) is 24.0 Å². The van der Waals surface area contributed by atoms with E-state index in [2.05, 4.69) is 15.2 Å². The fraction of sp³-hybridized carbons (Fsp3) is 0.231. The van der Waals surface area contributed by atoms with Gasteiger partial charge < -0.3 is 0 Å². The second-order valence-corrected chi connectivity index (χ2v) is 5.20. The van der Waals surface area contributed by atoms with Gasteiger partial charge in [-0.25, -0.2) is 4.98 Å². The van der Waals surface area contributed by atoms with Crippen LogP contribution < -0.4 is 0 Å². The van der Waals surface area contributed by atoms with Gasteiger partial charge in [0.05, 0.1) is 16.8 Å². The molecule has 0 spiro atoms. The first-order chi connectivity index (χ1) is 9.82. The van der Waals surface area contributed by atoms with Crippen molar-refractivity contribution in [3.05, 3.63) is 40.7 Å². The minimum atomic E-state index is -4.42.